The number of hydrogen-bond acceptors (Lipinski definition) is 10. The fourth-order valence-corrected chi connectivity index (χ4v) is 5.18. The first-order valence-electron chi connectivity index (χ1n) is 15.5. The van der Waals surface area contributed by atoms with Crippen molar-refractivity contribution < 1.29 is 34.0 Å². The minimum atomic E-state index is -0.891. The molecule has 1 aliphatic rings. The summed E-state index contributed by atoms with van der Waals surface area (Å²) >= 11 is 5.66. The van der Waals surface area contributed by atoms with Gasteiger partial charge in [-0.2, -0.15) is 4.98 Å². The topological polar surface area (TPSA) is 203 Å². The maximum atomic E-state index is 12.7. The number of fused-ring (bicyclic) bond motifs is 1. The Morgan fingerprint density at radius 2 is 1.74 bits per heavy atom. The molecule has 3 aromatic rings. The molecular formula is C32H41ClN6O8. The van der Waals surface area contributed by atoms with Crippen molar-refractivity contribution in [1.29, 1.82) is 0 Å². The fourth-order valence-electron chi connectivity index (χ4n) is 4.99. The highest BCUT2D eigenvalue weighted by Gasteiger charge is 2.35. The van der Waals surface area contributed by atoms with Gasteiger partial charge >= 0.3 is 0 Å². The van der Waals surface area contributed by atoms with E-state index in [1.165, 1.54) is 0 Å². The van der Waals surface area contributed by atoms with E-state index in [-0.39, 0.29) is 42.5 Å². The molecule has 1 aliphatic heterocycles. The third kappa shape index (κ3) is 10.3. The maximum Gasteiger partial charge on any atom is 0.263 e. The molecule has 0 spiro atoms. The van der Waals surface area contributed by atoms with Crippen LogP contribution in [0.2, 0.25) is 0 Å². The Labute approximate surface area is 276 Å². The smallest absolute Gasteiger partial charge is 0.263 e. The zero-order chi connectivity index (χ0) is 33.6. The number of anilines is 1. The Morgan fingerprint density at radius 1 is 1.06 bits per heavy atom. The normalized spacial score (nSPS) is 17.4. The van der Waals surface area contributed by atoms with Crippen molar-refractivity contribution in [2.24, 2.45) is 0 Å². The van der Waals surface area contributed by atoms with Crippen LogP contribution in [0.15, 0.2) is 35.3 Å². The van der Waals surface area contributed by atoms with Gasteiger partial charge in [-0.15, -0.1) is 11.6 Å². The summed E-state index contributed by atoms with van der Waals surface area (Å²) in [5, 5.41) is 25.3. The number of H-pyrrole nitrogens is 1. The van der Waals surface area contributed by atoms with E-state index in [0.717, 1.165) is 25.7 Å². The molecule has 3 heterocycles. The fraction of sp³-hybridized carbons (Fsp3) is 0.500. The van der Waals surface area contributed by atoms with Gasteiger partial charge in [-0.05, 0) is 37.1 Å². The second-order valence-corrected chi connectivity index (χ2v) is 11.2. The number of nitrogen functional groups attached to an aromatic ring is 1. The molecule has 14 nitrogen and oxygen atoms in total. The van der Waals surface area contributed by atoms with E-state index in [0.29, 0.717) is 55.5 Å². The summed E-state index contributed by atoms with van der Waals surface area (Å²) in [6.45, 7) is 1.95. The maximum absolute atomic E-state index is 12.7. The van der Waals surface area contributed by atoms with E-state index in [4.69, 9.17) is 31.5 Å². The number of nitrogens with two attached hydrogens (primary N) is 1. The average molecular weight is 673 g/mol. The van der Waals surface area contributed by atoms with Crippen LogP contribution in [0.1, 0.15) is 64.6 Å². The van der Waals surface area contributed by atoms with E-state index >= 15 is 0 Å². The first kappa shape index (κ1) is 35.9. The number of benzene rings is 1. The molecule has 2 amide bonds. The van der Waals surface area contributed by atoms with Gasteiger partial charge in [0.2, 0.25) is 5.95 Å². The van der Waals surface area contributed by atoms with Crippen LogP contribution in [0.3, 0.4) is 0 Å². The zero-order valence-electron chi connectivity index (χ0n) is 26.0. The van der Waals surface area contributed by atoms with Crippen molar-refractivity contribution in [3.05, 3.63) is 57.5 Å². The minimum Gasteiger partial charge on any atom is -0.394 e. The molecule has 1 unspecified atom stereocenters. The molecule has 0 saturated carbocycles. The van der Waals surface area contributed by atoms with Gasteiger partial charge in [0, 0.05) is 42.8 Å². The van der Waals surface area contributed by atoms with E-state index in [2.05, 4.69) is 32.4 Å². The van der Waals surface area contributed by atoms with E-state index in [1.54, 1.807) is 35.0 Å². The number of halogens is 1. The van der Waals surface area contributed by atoms with Crippen LogP contribution >= 0.6 is 11.6 Å². The Morgan fingerprint density at radius 3 is 2.43 bits per heavy atom. The number of aromatic amines is 1. The van der Waals surface area contributed by atoms with E-state index in [9.17, 15) is 24.6 Å². The SMILES string of the molecule is Nc1nc2c(c(C#CCNC(=O)c3ccc(C(=O)NCCOCCOCCCCCCCl)cc3)cn2[C@H]2CC(O)[C@@H](CO)O2)c(=O)[nH]1. The molecule has 2 aromatic heterocycles. The first-order valence-corrected chi connectivity index (χ1v) is 16.1. The Kier molecular flexibility index (Phi) is 14.0. The number of aliphatic hydroxyl groups excluding tert-OH is 2. The second kappa shape index (κ2) is 18.4. The average Bonchev–Trinajstić information content (AvgIpc) is 3.63. The summed E-state index contributed by atoms with van der Waals surface area (Å²) in [5.74, 6) is 5.64. The number of carbonyl (C=O) groups excluding carboxylic acids is 2. The van der Waals surface area contributed by atoms with Crippen LogP contribution in [0.25, 0.3) is 11.0 Å². The van der Waals surface area contributed by atoms with Crippen LogP contribution in [-0.4, -0.2) is 101 Å². The Balaban J connectivity index is 1.22. The lowest BCUT2D eigenvalue weighted by molar-refractivity contribution is -0.0430. The van der Waals surface area contributed by atoms with Crippen molar-refractivity contribution in [2.75, 3.05) is 57.7 Å². The molecule has 0 aliphatic carbocycles. The lowest BCUT2D eigenvalue weighted by atomic mass is 10.1. The molecule has 254 valence electrons. The van der Waals surface area contributed by atoms with Crippen molar-refractivity contribution >= 4 is 40.4 Å². The van der Waals surface area contributed by atoms with E-state index in [1.807, 2.05) is 0 Å². The number of ether oxygens (including phenoxy) is 3. The monoisotopic (exact) mass is 672 g/mol. The first-order chi connectivity index (χ1) is 22.8. The van der Waals surface area contributed by atoms with Crippen LogP contribution in [0.4, 0.5) is 5.95 Å². The van der Waals surface area contributed by atoms with Gasteiger partial charge in [0.25, 0.3) is 17.4 Å². The van der Waals surface area contributed by atoms with Gasteiger partial charge < -0.3 is 45.4 Å². The predicted octanol–water partition coefficient (Wildman–Crippen LogP) is 1.29. The van der Waals surface area contributed by atoms with Crippen molar-refractivity contribution in [2.45, 2.75) is 50.5 Å². The summed E-state index contributed by atoms with van der Waals surface area (Å²) in [4.78, 5) is 44.5. The predicted molar refractivity (Wildman–Crippen MR) is 175 cm³/mol. The molecule has 1 aromatic carbocycles. The number of alkyl halides is 1. The number of nitrogens with one attached hydrogen (secondary N) is 3. The number of amides is 2. The number of hydrogen-bond donors (Lipinski definition) is 6. The number of carbonyl (C=O) groups is 2. The van der Waals surface area contributed by atoms with Gasteiger partial charge in [0.05, 0.1) is 50.0 Å². The summed E-state index contributed by atoms with van der Waals surface area (Å²) < 4.78 is 18.3. The molecule has 3 atom stereocenters. The third-order valence-corrected chi connectivity index (χ3v) is 7.71. The molecule has 1 saturated heterocycles. The van der Waals surface area contributed by atoms with Crippen LogP contribution in [-0.2, 0) is 14.2 Å². The van der Waals surface area contributed by atoms with Crippen molar-refractivity contribution in [3.8, 4) is 11.8 Å². The largest absolute Gasteiger partial charge is 0.394 e. The highest BCUT2D eigenvalue weighted by molar-refractivity contribution is 6.17. The molecule has 47 heavy (non-hydrogen) atoms. The lowest BCUT2D eigenvalue weighted by Crippen LogP contribution is -2.28. The lowest BCUT2D eigenvalue weighted by Gasteiger charge is -2.14. The number of unbranched alkanes of at least 4 members (excludes halogenated alkanes) is 3. The van der Waals surface area contributed by atoms with Crippen LogP contribution in [0.5, 0.6) is 0 Å². The summed E-state index contributed by atoms with van der Waals surface area (Å²) in [6.07, 6.45) is 3.64. The zero-order valence-corrected chi connectivity index (χ0v) is 26.8. The standard InChI is InChI=1S/C32H41ClN6O8/c33-11-3-1-2-4-14-45-16-17-46-15-13-36-30(43)22-9-7-21(8-10-22)29(42)35-12-5-6-23-19-39(26-18-24(41)25(20-40)47-26)28-27(23)31(44)38-32(34)37-28/h7-10,19,24-26,40-41H,1-4,11-18,20H2,(H,35,42)(H,36,43)(H3,34,37,38,44)/t24?,25-,26-/m1/s1. The summed E-state index contributed by atoms with van der Waals surface area (Å²) in [7, 11) is 0. The Bertz CT molecular complexity index is 1600. The van der Waals surface area contributed by atoms with Gasteiger partial charge in [-0.25, -0.2) is 0 Å². The van der Waals surface area contributed by atoms with Gasteiger partial charge in [-0.3, -0.25) is 19.4 Å². The van der Waals surface area contributed by atoms with Crippen LogP contribution in [0, 0.1) is 11.8 Å². The van der Waals surface area contributed by atoms with Crippen molar-refractivity contribution in [3.63, 3.8) is 0 Å². The third-order valence-electron chi connectivity index (χ3n) is 7.44. The number of aliphatic hydroxyl groups is 2. The second-order valence-electron chi connectivity index (χ2n) is 10.9. The summed E-state index contributed by atoms with van der Waals surface area (Å²) in [6, 6.07) is 6.20. The number of aromatic nitrogens is 3. The van der Waals surface area contributed by atoms with Crippen LogP contribution < -0.4 is 21.9 Å². The highest BCUT2D eigenvalue weighted by Crippen LogP contribution is 2.32. The molecule has 0 radical (unpaired) electrons. The van der Waals surface area contributed by atoms with Crippen molar-refractivity contribution in [1.82, 2.24) is 25.2 Å². The highest BCUT2D eigenvalue weighted by atomic mass is 35.5. The van der Waals surface area contributed by atoms with E-state index < -0.39 is 29.9 Å². The molecule has 7 N–H and O–H groups in total. The van der Waals surface area contributed by atoms with Gasteiger partial charge in [0.15, 0.2) is 5.65 Å². The van der Waals surface area contributed by atoms with Gasteiger partial charge in [-0.1, -0.05) is 24.7 Å². The Hall–Kier alpha value is -3.97. The molecule has 0 bridgehead atoms. The number of rotatable bonds is 17. The quantitative estimate of drug-likeness (QED) is 0.0689. The number of nitrogens with zero attached hydrogens (tertiary/aromatic N) is 2. The molecule has 15 heteroatoms. The van der Waals surface area contributed by atoms with Gasteiger partial charge in [0.1, 0.15) is 12.3 Å². The minimum absolute atomic E-state index is 0.0289. The molecular weight excluding hydrogens is 632 g/mol. The summed E-state index contributed by atoms with van der Waals surface area (Å²) in [5.41, 5.74) is 6.54. The molecule has 1 fully saturated rings. The molecule has 4 rings (SSSR count).